The van der Waals surface area contributed by atoms with Crippen molar-refractivity contribution in [2.45, 2.75) is 32.5 Å². The molecule has 0 bridgehead atoms. The molecule has 4 aromatic rings. The van der Waals surface area contributed by atoms with Gasteiger partial charge in [-0.25, -0.2) is 4.98 Å². The fraction of sp³-hybridized carbons (Fsp3) is 0.161. The average molecular weight is 575 g/mol. The van der Waals surface area contributed by atoms with Crippen molar-refractivity contribution in [1.29, 1.82) is 0 Å². The molecule has 0 spiro atoms. The molecule has 214 valence electrons. The molecule has 3 aromatic carbocycles. The number of nitrogens with zero attached hydrogens (tertiary/aromatic N) is 3. The summed E-state index contributed by atoms with van der Waals surface area (Å²) in [5.41, 5.74) is 1.07. The lowest BCUT2D eigenvalue weighted by molar-refractivity contribution is -0.137. The highest BCUT2D eigenvalue weighted by atomic mass is 19.4. The SMILES string of the molecule is CC=N/C=C(\C)[C@H](Cc1ccc(O)cc1)NC(=O)c1cc(C(=O)N=O)c2cc(-c3cccc(C(F)(F)F)c3)ccc2n1. The number of nitroso groups, excluding NO2 is 1. The van der Waals surface area contributed by atoms with Crippen LogP contribution in [0.5, 0.6) is 5.75 Å². The Bertz CT molecular complexity index is 1710. The zero-order chi connectivity index (χ0) is 30.4. The molecule has 0 aliphatic heterocycles. The van der Waals surface area contributed by atoms with Gasteiger partial charge in [-0.1, -0.05) is 30.3 Å². The van der Waals surface area contributed by atoms with E-state index < -0.39 is 29.6 Å². The number of carbonyl (C=O) groups is 2. The number of amides is 2. The molecule has 11 heteroatoms. The number of phenols is 1. The van der Waals surface area contributed by atoms with Gasteiger partial charge >= 0.3 is 12.1 Å². The van der Waals surface area contributed by atoms with Crippen molar-refractivity contribution >= 4 is 28.9 Å². The molecule has 0 radical (unpaired) electrons. The first-order valence-corrected chi connectivity index (χ1v) is 12.7. The van der Waals surface area contributed by atoms with E-state index in [1.807, 2.05) is 0 Å². The monoisotopic (exact) mass is 574 g/mol. The predicted octanol–water partition coefficient (Wildman–Crippen LogP) is 6.87. The number of nitrogens with one attached hydrogen (secondary N) is 1. The largest absolute Gasteiger partial charge is 0.508 e. The van der Waals surface area contributed by atoms with E-state index in [0.29, 0.717) is 17.6 Å². The molecule has 1 atom stereocenters. The summed E-state index contributed by atoms with van der Waals surface area (Å²) in [6, 6.07) is 16.2. The molecule has 0 aliphatic carbocycles. The maximum Gasteiger partial charge on any atom is 0.416 e. The molecular formula is C31H25F3N4O4. The van der Waals surface area contributed by atoms with Crippen molar-refractivity contribution in [3.8, 4) is 16.9 Å². The predicted molar refractivity (Wildman–Crippen MR) is 153 cm³/mol. The van der Waals surface area contributed by atoms with Crippen LogP contribution in [0.15, 0.2) is 94.7 Å². The van der Waals surface area contributed by atoms with Crippen molar-refractivity contribution in [3.05, 3.63) is 112 Å². The zero-order valence-corrected chi connectivity index (χ0v) is 22.5. The van der Waals surface area contributed by atoms with Crippen LogP contribution in [0.3, 0.4) is 0 Å². The number of aromatic hydroxyl groups is 1. The molecule has 0 saturated carbocycles. The van der Waals surface area contributed by atoms with Crippen LogP contribution in [0, 0.1) is 4.91 Å². The summed E-state index contributed by atoms with van der Waals surface area (Å²) in [7, 11) is 0. The van der Waals surface area contributed by atoms with Gasteiger partial charge in [0.1, 0.15) is 11.4 Å². The van der Waals surface area contributed by atoms with Gasteiger partial charge in [0.2, 0.25) is 0 Å². The number of phenolic OH excluding ortho intramolecular Hbond substituents is 1. The molecule has 1 heterocycles. The van der Waals surface area contributed by atoms with Crippen LogP contribution in [0.1, 0.15) is 45.8 Å². The fourth-order valence-corrected chi connectivity index (χ4v) is 4.33. The third kappa shape index (κ3) is 6.92. The van der Waals surface area contributed by atoms with E-state index in [2.05, 4.69) is 20.5 Å². The van der Waals surface area contributed by atoms with E-state index >= 15 is 0 Å². The Kier molecular flexibility index (Phi) is 8.90. The van der Waals surface area contributed by atoms with Crippen molar-refractivity contribution in [3.63, 3.8) is 0 Å². The number of aromatic nitrogens is 1. The minimum atomic E-state index is -4.55. The standard InChI is InChI=1S/C31H25F3N4O4/c1-3-35-17-18(2)27(13-19-7-10-23(39)11-8-19)37-30(41)28-16-25(29(40)38-42)24-15-21(9-12-26(24)36-28)20-5-4-6-22(14-20)31(32,33)34/h3-12,14-17,27,39H,13H2,1-2H3,(H,37,41)/b18-17+,35-3?/t27-/m0/s1. The summed E-state index contributed by atoms with van der Waals surface area (Å²) in [5, 5.41) is 15.1. The smallest absolute Gasteiger partial charge is 0.416 e. The highest BCUT2D eigenvalue weighted by molar-refractivity contribution is 6.09. The molecule has 8 nitrogen and oxygen atoms in total. The summed E-state index contributed by atoms with van der Waals surface area (Å²) in [4.78, 5) is 45.7. The molecule has 1 aromatic heterocycles. The van der Waals surface area contributed by atoms with E-state index in [1.165, 1.54) is 42.5 Å². The highest BCUT2D eigenvalue weighted by Crippen LogP contribution is 2.33. The van der Waals surface area contributed by atoms with Gasteiger partial charge < -0.3 is 10.4 Å². The molecular weight excluding hydrogens is 549 g/mol. The van der Waals surface area contributed by atoms with Crippen LogP contribution in [0.2, 0.25) is 0 Å². The summed E-state index contributed by atoms with van der Waals surface area (Å²) < 4.78 is 39.8. The van der Waals surface area contributed by atoms with Crippen LogP contribution in [-0.2, 0) is 12.6 Å². The molecule has 0 saturated heterocycles. The number of aliphatic imine (C=N–C) groups is 1. The van der Waals surface area contributed by atoms with E-state index in [0.717, 1.165) is 23.8 Å². The Morgan fingerprint density at radius 2 is 1.74 bits per heavy atom. The fourth-order valence-electron chi connectivity index (χ4n) is 4.33. The number of hydrogen-bond donors (Lipinski definition) is 2. The second-order valence-corrected chi connectivity index (χ2v) is 9.44. The van der Waals surface area contributed by atoms with E-state index in [4.69, 9.17) is 0 Å². The molecule has 0 fully saturated rings. The van der Waals surface area contributed by atoms with Gasteiger partial charge in [0.05, 0.1) is 22.7 Å². The van der Waals surface area contributed by atoms with Crippen molar-refractivity contribution in [2.75, 3.05) is 0 Å². The molecule has 42 heavy (non-hydrogen) atoms. The minimum Gasteiger partial charge on any atom is -0.508 e. The number of pyridine rings is 1. The van der Waals surface area contributed by atoms with Gasteiger partial charge in [0.25, 0.3) is 5.91 Å². The summed E-state index contributed by atoms with van der Waals surface area (Å²) in [6.45, 7) is 3.53. The quantitative estimate of drug-likeness (QED) is 0.176. The summed E-state index contributed by atoms with van der Waals surface area (Å²) in [5.74, 6) is -1.71. The second kappa shape index (κ2) is 12.5. The van der Waals surface area contributed by atoms with Crippen LogP contribution >= 0.6 is 0 Å². The lowest BCUT2D eigenvalue weighted by Gasteiger charge is -2.20. The number of hydrogen-bond acceptors (Lipinski definition) is 6. The number of alkyl halides is 3. The number of carbonyl (C=O) groups excluding carboxylic acids is 2. The Morgan fingerprint density at radius 1 is 1.02 bits per heavy atom. The normalized spacial score (nSPS) is 12.8. The zero-order valence-electron chi connectivity index (χ0n) is 22.5. The topological polar surface area (TPSA) is 121 Å². The average Bonchev–Trinajstić information content (AvgIpc) is 2.98. The molecule has 2 amide bonds. The number of benzene rings is 3. The first-order chi connectivity index (χ1) is 20.0. The number of rotatable bonds is 8. The van der Waals surface area contributed by atoms with Crippen LogP contribution in [-0.4, -0.2) is 34.2 Å². The lowest BCUT2D eigenvalue weighted by atomic mass is 9.98. The molecule has 0 unspecified atom stereocenters. The molecule has 4 rings (SSSR count). The second-order valence-electron chi connectivity index (χ2n) is 9.44. The third-order valence-electron chi connectivity index (χ3n) is 6.54. The molecule has 0 aliphatic rings. The van der Waals surface area contributed by atoms with Gasteiger partial charge in [-0.05, 0) is 85.0 Å². The van der Waals surface area contributed by atoms with Crippen molar-refractivity contribution in [1.82, 2.24) is 10.3 Å². The first-order valence-electron chi connectivity index (χ1n) is 12.7. The van der Waals surface area contributed by atoms with Gasteiger partial charge in [0.15, 0.2) is 0 Å². The van der Waals surface area contributed by atoms with Gasteiger partial charge in [-0.15, -0.1) is 4.91 Å². The Labute approximate surface area is 238 Å². The van der Waals surface area contributed by atoms with Crippen LogP contribution in [0.25, 0.3) is 22.0 Å². The Morgan fingerprint density at radius 3 is 2.40 bits per heavy atom. The number of fused-ring (bicyclic) bond motifs is 1. The van der Waals surface area contributed by atoms with E-state index in [9.17, 15) is 32.8 Å². The molecule has 2 N–H and O–H groups in total. The summed E-state index contributed by atoms with van der Waals surface area (Å²) in [6.07, 6.45) is -1.01. The lowest BCUT2D eigenvalue weighted by Crippen LogP contribution is -2.38. The van der Waals surface area contributed by atoms with Crippen LogP contribution in [0.4, 0.5) is 13.2 Å². The summed E-state index contributed by atoms with van der Waals surface area (Å²) >= 11 is 0. The van der Waals surface area contributed by atoms with E-state index in [1.54, 1.807) is 38.4 Å². The van der Waals surface area contributed by atoms with Crippen LogP contribution < -0.4 is 5.32 Å². The third-order valence-corrected chi connectivity index (χ3v) is 6.54. The first kappa shape index (κ1) is 29.8. The maximum absolute atomic E-state index is 13.4. The van der Waals surface area contributed by atoms with Gasteiger partial charge in [-0.3, -0.25) is 14.6 Å². The minimum absolute atomic E-state index is 0.0970. The Balaban J connectivity index is 1.73. The van der Waals surface area contributed by atoms with E-state index in [-0.39, 0.29) is 33.5 Å². The maximum atomic E-state index is 13.4. The Hall–Kier alpha value is -5.19. The van der Waals surface area contributed by atoms with Crippen molar-refractivity contribution < 1.29 is 27.9 Å². The van der Waals surface area contributed by atoms with Gasteiger partial charge in [-0.2, -0.15) is 13.2 Å². The highest BCUT2D eigenvalue weighted by Gasteiger charge is 2.30. The van der Waals surface area contributed by atoms with Gasteiger partial charge in [0, 0.05) is 23.0 Å². The number of halogens is 3. The van der Waals surface area contributed by atoms with Crippen molar-refractivity contribution in [2.24, 2.45) is 10.2 Å².